The van der Waals surface area contributed by atoms with Crippen LogP contribution in [0, 0.1) is 0 Å². The average molecular weight is 240 g/mol. The zero-order valence-corrected chi connectivity index (χ0v) is 9.25. The molecule has 0 fully saturated rings. The van der Waals surface area contributed by atoms with Crippen LogP contribution in [0.25, 0.3) is 21.9 Å². The average Bonchev–Trinajstić information content (AvgIpc) is 2.81. The molecule has 1 aliphatic heterocycles. The van der Waals surface area contributed by atoms with Crippen molar-refractivity contribution in [3.05, 3.63) is 24.5 Å². The molecule has 18 heavy (non-hydrogen) atoms. The quantitative estimate of drug-likeness (QED) is 0.599. The zero-order chi connectivity index (χ0) is 12.1. The largest absolute Gasteiger partial charge is 0.454 e. The maximum atomic E-state index is 5.81. The molecule has 0 spiro atoms. The van der Waals surface area contributed by atoms with Crippen molar-refractivity contribution in [2.75, 3.05) is 12.5 Å². The van der Waals surface area contributed by atoms with E-state index in [-0.39, 0.29) is 6.79 Å². The van der Waals surface area contributed by atoms with E-state index in [2.05, 4.69) is 15.0 Å². The molecule has 3 heterocycles. The molecule has 0 amide bonds. The highest BCUT2D eigenvalue weighted by molar-refractivity contribution is 5.96. The first-order valence-electron chi connectivity index (χ1n) is 5.42. The Morgan fingerprint density at radius 2 is 1.89 bits per heavy atom. The number of rotatable bonds is 0. The van der Waals surface area contributed by atoms with Gasteiger partial charge in [0.15, 0.2) is 17.1 Å². The van der Waals surface area contributed by atoms with Crippen molar-refractivity contribution in [2.24, 2.45) is 0 Å². The number of ether oxygens (including phenoxy) is 2. The maximum Gasteiger partial charge on any atom is 0.231 e. The Balaban J connectivity index is 2.12. The van der Waals surface area contributed by atoms with Crippen LogP contribution in [0.3, 0.4) is 0 Å². The Morgan fingerprint density at radius 3 is 2.78 bits per heavy atom. The lowest BCUT2D eigenvalue weighted by Crippen LogP contribution is -1.95. The molecule has 4 rings (SSSR count). The lowest BCUT2D eigenvalue weighted by atomic mass is 10.1. The lowest BCUT2D eigenvalue weighted by Gasteiger charge is -2.03. The standard InChI is InChI=1S/C12H8N4O2/c13-11-7-1-6-2-9-10(18-5-17-9)3-8(6)16-12(7)15-4-14-11/h1-4H,5H2,(H2,13,14,15,16). The Bertz CT molecular complexity index is 788. The van der Waals surface area contributed by atoms with Crippen LogP contribution in [0.15, 0.2) is 24.5 Å². The van der Waals surface area contributed by atoms with E-state index < -0.39 is 0 Å². The molecule has 0 bridgehead atoms. The fourth-order valence-corrected chi connectivity index (χ4v) is 2.06. The number of hydrogen-bond acceptors (Lipinski definition) is 6. The fourth-order valence-electron chi connectivity index (χ4n) is 2.06. The smallest absolute Gasteiger partial charge is 0.231 e. The Labute approximate surface area is 101 Å². The van der Waals surface area contributed by atoms with Gasteiger partial charge >= 0.3 is 0 Å². The number of fused-ring (bicyclic) bond motifs is 3. The normalized spacial score (nSPS) is 13.3. The topological polar surface area (TPSA) is 83.2 Å². The van der Waals surface area contributed by atoms with E-state index in [0.29, 0.717) is 17.2 Å². The predicted molar refractivity (Wildman–Crippen MR) is 65.4 cm³/mol. The first kappa shape index (κ1) is 9.41. The summed E-state index contributed by atoms with van der Waals surface area (Å²) in [6.45, 7) is 0.243. The lowest BCUT2D eigenvalue weighted by molar-refractivity contribution is 0.174. The monoisotopic (exact) mass is 240 g/mol. The molecule has 0 unspecified atom stereocenters. The molecule has 0 saturated heterocycles. The Morgan fingerprint density at radius 1 is 1.06 bits per heavy atom. The molecule has 6 nitrogen and oxygen atoms in total. The van der Waals surface area contributed by atoms with Crippen molar-refractivity contribution < 1.29 is 9.47 Å². The molecular weight excluding hydrogens is 232 g/mol. The first-order valence-corrected chi connectivity index (χ1v) is 5.42. The number of anilines is 1. The highest BCUT2D eigenvalue weighted by atomic mass is 16.7. The van der Waals surface area contributed by atoms with Crippen molar-refractivity contribution in [3.63, 3.8) is 0 Å². The molecule has 0 aliphatic carbocycles. The molecule has 3 aromatic rings. The summed E-state index contributed by atoms with van der Waals surface area (Å²) in [5.41, 5.74) is 7.19. The second-order valence-electron chi connectivity index (χ2n) is 4.02. The fraction of sp³-hybridized carbons (Fsp3) is 0.0833. The van der Waals surface area contributed by atoms with E-state index in [1.807, 2.05) is 18.2 Å². The van der Waals surface area contributed by atoms with Crippen LogP contribution in [0.5, 0.6) is 11.5 Å². The van der Waals surface area contributed by atoms with Gasteiger partial charge in [-0.05, 0) is 12.1 Å². The third kappa shape index (κ3) is 1.20. The van der Waals surface area contributed by atoms with Gasteiger partial charge in [-0.2, -0.15) is 0 Å². The molecule has 2 aromatic heterocycles. The minimum Gasteiger partial charge on any atom is -0.454 e. The third-order valence-electron chi connectivity index (χ3n) is 2.94. The number of pyridine rings is 1. The van der Waals surface area contributed by atoms with Crippen molar-refractivity contribution >= 4 is 27.8 Å². The predicted octanol–water partition coefficient (Wildman–Crippen LogP) is 1.49. The number of hydrogen-bond donors (Lipinski definition) is 1. The summed E-state index contributed by atoms with van der Waals surface area (Å²) in [6, 6.07) is 5.64. The molecule has 88 valence electrons. The van der Waals surface area contributed by atoms with Gasteiger partial charge in [0.2, 0.25) is 6.79 Å². The molecule has 6 heteroatoms. The number of benzene rings is 1. The van der Waals surface area contributed by atoms with Gasteiger partial charge in [-0.1, -0.05) is 0 Å². The minimum atomic E-state index is 0.243. The van der Waals surface area contributed by atoms with Gasteiger partial charge in [-0.3, -0.25) is 0 Å². The molecule has 2 N–H and O–H groups in total. The molecule has 0 radical (unpaired) electrons. The SMILES string of the molecule is Nc1ncnc2nc3cc4c(cc3cc12)OCO4. The van der Waals surface area contributed by atoms with E-state index in [9.17, 15) is 0 Å². The second kappa shape index (κ2) is 3.19. The van der Waals surface area contributed by atoms with Gasteiger partial charge in [0.05, 0.1) is 10.9 Å². The Hall–Kier alpha value is -2.63. The molecule has 1 aliphatic rings. The van der Waals surface area contributed by atoms with E-state index in [1.165, 1.54) is 6.33 Å². The highest BCUT2D eigenvalue weighted by Crippen LogP contribution is 2.36. The molecular formula is C12H8N4O2. The minimum absolute atomic E-state index is 0.243. The van der Waals surface area contributed by atoms with E-state index in [1.54, 1.807) is 0 Å². The summed E-state index contributed by atoms with van der Waals surface area (Å²) >= 11 is 0. The first-order chi connectivity index (χ1) is 8.81. The third-order valence-corrected chi connectivity index (χ3v) is 2.94. The van der Waals surface area contributed by atoms with Crippen molar-refractivity contribution in [3.8, 4) is 11.5 Å². The number of nitrogen functional groups attached to an aromatic ring is 1. The molecule has 0 saturated carbocycles. The Kier molecular flexibility index (Phi) is 1.67. The summed E-state index contributed by atoms with van der Waals surface area (Å²) in [5.74, 6) is 1.85. The summed E-state index contributed by atoms with van der Waals surface area (Å²) in [7, 11) is 0. The van der Waals surface area contributed by atoms with Gasteiger partial charge in [-0.25, -0.2) is 15.0 Å². The highest BCUT2D eigenvalue weighted by Gasteiger charge is 2.15. The van der Waals surface area contributed by atoms with Crippen LogP contribution in [-0.4, -0.2) is 21.7 Å². The number of nitrogens with zero attached hydrogens (tertiary/aromatic N) is 3. The summed E-state index contributed by atoms with van der Waals surface area (Å²) in [4.78, 5) is 12.5. The van der Waals surface area contributed by atoms with E-state index in [0.717, 1.165) is 22.0 Å². The van der Waals surface area contributed by atoms with Crippen LogP contribution in [0.4, 0.5) is 5.82 Å². The maximum absolute atomic E-state index is 5.81. The van der Waals surface area contributed by atoms with Crippen molar-refractivity contribution in [1.82, 2.24) is 15.0 Å². The van der Waals surface area contributed by atoms with Crippen LogP contribution < -0.4 is 15.2 Å². The summed E-state index contributed by atoms with van der Waals surface area (Å²) < 4.78 is 10.7. The van der Waals surface area contributed by atoms with Gasteiger partial charge in [-0.15, -0.1) is 0 Å². The van der Waals surface area contributed by atoms with Gasteiger partial charge in [0.25, 0.3) is 0 Å². The van der Waals surface area contributed by atoms with Crippen LogP contribution in [0.2, 0.25) is 0 Å². The van der Waals surface area contributed by atoms with Gasteiger partial charge in [0.1, 0.15) is 12.1 Å². The van der Waals surface area contributed by atoms with Crippen molar-refractivity contribution in [1.29, 1.82) is 0 Å². The van der Waals surface area contributed by atoms with Gasteiger partial charge < -0.3 is 15.2 Å². The summed E-state index contributed by atoms with van der Waals surface area (Å²) in [5, 5.41) is 1.66. The molecule has 1 aromatic carbocycles. The van der Waals surface area contributed by atoms with Gasteiger partial charge in [0, 0.05) is 11.5 Å². The van der Waals surface area contributed by atoms with Crippen molar-refractivity contribution in [2.45, 2.75) is 0 Å². The summed E-state index contributed by atoms with van der Waals surface area (Å²) in [6.07, 6.45) is 1.41. The van der Waals surface area contributed by atoms with Crippen LogP contribution in [-0.2, 0) is 0 Å². The zero-order valence-electron chi connectivity index (χ0n) is 9.25. The second-order valence-corrected chi connectivity index (χ2v) is 4.02. The van der Waals surface area contributed by atoms with Crippen LogP contribution in [0.1, 0.15) is 0 Å². The molecule has 0 atom stereocenters. The van der Waals surface area contributed by atoms with E-state index >= 15 is 0 Å². The van der Waals surface area contributed by atoms with E-state index in [4.69, 9.17) is 15.2 Å². The number of aromatic nitrogens is 3. The number of nitrogens with two attached hydrogens (primary N) is 1. The van der Waals surface area contributed by atoms with Crippen LogP contribution >= 0.6 is 0 Å².